The number of sulfone groups is 1. The van der Waals surface area contributed by atoms with Crippen molar-refractivity contribution in [3.05, 3.63) is 35.2 Å². The van der Waals surface area contributed by atoms with Gasteiger partial charge in [0.25, 0.3) is 0 Å². The van der Waals surface area contributed by atoms with Crippen molar-refractivity contribution in [1.82, 2.24) is 0 Å². The van der Waals surface area contributed by atoms with E-state index in [1.807, 2.05) is 30.5 Å². The van der Waals surface area contributed by atoms with Crippen molar-refractivity contribution in [3.63, 3.8) is 0 Å². The number of thioether (sulfide) groups is 1. The van der Waals surface area contributed by atoms with E-state index in [-0.39, 0.29) is 5.75 Å². The molecular weight excluding hydrogens is 228 g/mol. The van der Waals surface area contributed by atoms with Gasteiger partial charge in [0, 0.05) is 10.3 Å². The largest absolute Gasteiger partial charge is 0.224 e. The highest BCUT2D eigenvalue weighted by molar-refractivity contribution is 7.98. The molecular formula is C11H14O2S2. The molecule has 0 fully saturated rings. The first-order valence-electron chi connectivity index (χ1n) is 4.63. The zero-order valence-electron chi connectivity index (χ0n) is 8.80. The van der Waals surface area contributed by atoms with Crippen molar-refractivity contribution in [1.29, 1.82) is 0 Å². The van der Waals surface area contributed by atoms with Crippen LogP contribution in [-0.4, -0.2) is 20.4 Å². The summed E-state index contributed by atoms with van der Waals surface area (Å²) in [4.78, 5) is 1.08. The Morgan fingerprint density at radius 3 is 2.60 bits per heavy atom. The van der Waals surface area contributed by atoms with E-state index in [9.17, 15) is 8.42 Å². The third-order valence-electron chi connectivity index (χ3n) is 2.00. The number of hydrogen-bond acceptors (Lipinski definition) is 3. The lowest BCUT2D eigenvalue weighted by Gasteiger charge is -2.01. The predicted octanol–water partition coefficient (Wildman–Crippen LogP) is 2.81. The van der Waals surface area contributed by atoms with E-state index in [4.69, 9.17) is 0 Å². The van der Waals surface area contributed by atoms with Crippen molar-refractivity contribution in [3.8, 4) is 0 Å². The molecule has 0 heterocycles. The van der Waals surface area contributed by atoms with Crippen LogP contribution in [0.1, 0.15) is 12.5 Å². The van der Waals surface area contributed by atoms with E-state index in [1.54, 1.807) is 24.8 Å². The fourth-order valence-corrected chi connectivity index (χ4v) is 2.21. The standard InChI is InChI=1S/C11H14O2S2/c1-3-15(12,13)9-8-10-6-4-5-7-11(10)14-2/h4-9H,3H2,1-2H3. The summed E-state index contributed by atoms with van der Waals surface area (Å²) in [6.45, 7) is 1.64. The quantitative estimate of drug-likeness (QED) is 0.761. The number of benzene rings is 1. The fraction of sp³-hybridized carbons (Fsp3) is 0.273. The molecule has 0 atom stereocenters. The Labute approximate surface area is 95.3 Å². The van der Waals surface area contributed by atoms with Crippen LogP contribution in [0.2, 0.25) is 0 Å². The van der Waals surface area contributed by atoms with Gasteiger partial charge in [0.15, 0.2) is 9.84 Å². The second kappa shape index (κ2) is 5.37. The topological polar surface area (TPSA) is 34.1 Å². The molecule has 82 valence electrons. The maximum atomic E-state index is 11.3. The molecule has 4 heteroatoms. The lowest BCUT2D eigenvalue weighted by Crippen LogP contribution is -1.96. The molecule has 1 rings (SSSR count). The minimum absolute atomic E-state index is 0.144. The van der Waals surface area contributed by atoms with Crippen LogP contribution in [0.15, 0.2) is 34.6 Å². The highest BCUT2D eigenvalue weighted by atomic mass is 32.2. The summed E-state index contributed by atoms with van der Waals surface area (Å²) in [5.41, 5.74) is 0.946. The van der Waals surface area contributed by atoms with Crippen molar-refractivity contribution in [2.75, 3.05) is 12.0 Å². The third-order valence-corrected chi connectivity index (χ3v) is 4.16. The van der Waals surface area contributed by atoms with Crippen LogP contribution in [-0.2, 0) is 9.84 Å². The number of rotatable bonds is 4. The van der Waals surface area contributed by atoms with E-state index in [0.29, 0.717) is 0 Å². The molecule has 0 amide bonds. The van der Waals surface area contributed by atoms with Crippen LogP contribution in [0.25, 0.3) is 6.08 Å². The van der Waals surface area contributed by atoms with E-state index in [1.165, 1.54) is 5.41 Å². The molecule has 0 aliphatic heterocycles. The highest BCUT2D eigenvalue weighted by Gasteiger charge is 2.01. The summed E-state index contributed by atoms with van der Waals surface area (Å²) < 4.78 is 22.6. The Morgan fingerprint density at radius 2 is 2.00 bits per heavy atom. The molecule has 0 radical (unpaired) electrons. The van der Waals surface area contributed by atoms with Crippen molar-refractivity contribution >= 4 is 27.7 Å². The Bertz CT molecular complexity index is 447. The van der Waals surface area contributed by atoms with Gasteiger partial charge in [-0.25, -0.2) is 8.42 Å². The molecule has 1 aromatic rings. The molecule has 0 N–H and O–H groups in total. The highest BCUT2D eigenvalue weighted by Crippen LogP contribution is 2.21. The smallest absolute Gasteiger partial charge is 0.171 e. The average molecular weight is 242 g/mol. The summed E-state index contributed by atoms with van der Waals surface area (Å²) in [5, 5.41) is 1.28. The van der Waals surface area contributed by atoms with Gasteiger partial charge in [-0.2, -0.15) is 0 Å². The van der Waals surface area contributed by atoms with Crippen molar-refractivity contribution in [2.24, 2.45) is 0 Å². The maximum Gasteiger partial charge on any atom is 0.171 e. The molecule has 0 aliphatic rings. The predicted molar refractivity (Wildman–Crippen MR) is 66.7 cm³/mol. The molecule has 2 nitrogen and oxygen atoms in total. The Hall–Kier alpha value is -0.740. The van der Waals surface area contributed by atoms with Gasteiger partial charge in [0.05, 0.1) is 5.75 Å². The van der Waals surface area contributed by atoms with Gasteiger partial charge in [-0.3, -0.25) is 0 Å². The summed E-state index contributed by atoms with van der Waals surface area (Å²) in [7, 11) is -3.03. The second-order valence-electron chi connectivity index (χ2n) is 3.00. The maximum absolute atomic E-state index is 11.3. The summed E-state index contributed by atoms with van der Waals surface area (Å²) >= 11 is 1.61. The summed E-state index contributed by atoms with van der Waals surface area (Å²) in [5.74, 6) is 0.144. The third kappa shape index (κ3) is 3.72. The minimum Gasteiger partial charge on any atom is -0.224 e. The zero-order chi connectivity index (χ0) is 11.3. The minimum atomic E-state index is -3.03. The van der Waals surface area contributed by atoms with Crippen LogP contribution in [0.3, 0.4) is 0 Å². The molecule has 0 unspecified atom stereocenters. The van der Waals surface area contributed by atoms with E-state index in [2.05, 4.69) is 0 Å². The molecule has 0 aromatic heterocycles. The van der Waals surface area contributed by atoms with Crippen LogP contribution in [0, 0.1) is 0 Å². The molecule has 15 heavy (non-hydrogen) atoms. The van der Waals surface area contributed by atoms with E-state index >= 15 is 0 Å². The molecule has 0 saturated heterocycles. The van der Waals surface area contributed by atoms with Crippen molar-refractivity contribution in [2.45, 2.75) is 11.8 Å². The fourth-order valence-electron chi connectivity index (χ4n) is 1.08. The van der Waals surface area contributed by atoms with Gasteiger partial charge in [0.1, 0.15) is 0 Å². The molecule has 0 spiro atoms. The average Bonchev–Trinajstić information content (AvgIpc) is 2.27. The van der Waals surface area contributed by atoms with Crippen LogP contribution in [0.5, 0.6) is 0 Å². The lowest BCUT2D eigenvalue weighted by atomic mass is 10.2. The second-order valence-corrected chi connectivity index (χ2v) is 6.02. The molecule has 0 aliphatic carbocycles. The van der Waals surface area contributed by atoms with Gasteiger partial charge in [-0.1, -0.05) is 25.1 Å². The van der Waals surface area contributed by atoms with Crippen molar-refractivity contribution < 1.29 is 8.42 Å². The SMILES string of the molecule is CCS(=O)(=O)C=Cc1ccccc1SC. The lowest BCUT2D eigenvalue weighted by molar-refractivity contribution is 0.606. The van der Waals surface area contributed by atoms with Gasteiger partial charge in [-0.15, -0.1) is 11.8 Å². The van der Waals surface area contributed by atoms with Crippen LogP contribution in [0.4, 0.5) is 0 Å². The Morgan fingerprint density at radius 1 is 1.33 bits per heavy atom. The van der Waals surface area contributed by atoms with Crippen LogP contribution >= 0.6 is 11.8 Å². The zero-order valence-corrected chi connectivity index (χ0v) is 10.4. The monoisotopic (exact) mass is 242 g/mol. The van der Waals surface area contributed by atoms with Gasteiger partial charge >= 0.3 is 0 Å². The van der Waals surface area contributed by atoms with Gasteiger partial charge in [0.2, 0.25) is 0 Å². The Balaban J connectivity index is 2.99. The normalized spacial score (nSPS) is 12.1. The van der Waals surface area contributed by atoms with Gasteiger partial charge < -0.3 is 0 Å². The first kappa shape index (κ1) is 12.3. The van der Waals surface area contributed by atoms with Gasteiger partial charge in [-0.05, 0) is 24.0 Å². The van der Waals surface area contributed by atoms with E-state index in [0.717, 1.165) is 10.5 Å². The Kier molecular flexibility index (Phi) is 4.42. The first-order valence-corrected chi connectivity index (χ1v) is 7.57. The summed E-state index contributed by atoms with van der Waals surface area (Å²) in [6, 6.07) is 7.73. The van der Waals surface area contributed by atoms with Crippen LogP contribution < -0.4 is 0 Å². The number of hydrogen-bond donors (Lipinski definition) is 0. The molecule has 0 bridgehead atoms. The molecule has 0 saturated carbocycles. The summed E-state index contributed by atoms with van der Waals surface area (Å²) in [6.07, 6.45) is 3.63. The molecule has 1 aromatic carbocycles. The first-order chi connectivity index (χ1) is 7.09. The van der Waals surface area contributed by atoms with E-state index < -0.39 is 9.84 Å².